The van der Waals surface area contributed by atoms with Gasteiger partial charge in [-0.1, -0.05) is 11.6 Å². The highest BCUT2D eigenvalue weighted by molar-refractivity contribution is 14.1. The molecule has 0 saturated heterocycles. The second-order valence-corrected chi connectivity index (χ2v) is 5.38. The fourth-order valence-corrected chi connectivity index (χ4v) is 2.15. The Balaban J connectivity index is 2.48. The zero-order valence-electron chi connectivity index (χ0n) is 9.95. The van der Waals surface area contributed by atoms with E-state index < -0.39 is 6.10 Å². The van der Waals surface area contributed by atoms with Crippen LogP contribution in [0.15, 0.2) is 18.2 Å². The van der Waals surface area contributed by atoms with Gasteiger partial charge in [0.05, 0.1) is 18.3 Å². The molecule has 0 heterocycles. The number of aliphatic hydroxyl groups excluding tert-OH is 1. The number of carbonyl (C=O) groups excluding carboxylic acids is 1. The van der Waals surface area contributed by atoms with Gasteiger partial charge in [-0.15, -0.1) is 0 Å². The molecule has 0 aliphatic heterocycles. The first-order valence-electron chi connectivity index (χ1n) is 5.45. The van der Waals surface area contributed by atoms with E-state index in [1.54, 1.807) is 18.2 Å². The van der Waals surface area contributed by atoms with Crippen LogP contribution in [0.2, 0.25) is 5.02 Å². The molecule has 1 atom stereocenters. The van der Waals surface area contributed by atoms with E-state index in [1.165, 1.54) is 7.11 Å². The van der Waals surface area contributed by atoms with Crippen molar-refractivity contribution in [3.63, 3.8) is 0 Å². The molecule has 0 saturated carbocycles. The minimum absolute atomic E-state index is 0.188. The van der Waals surface area contributed by atoms with Gasteiger partial charge in [-0.2, -0.15) is 0 Å². The van der Waals surface area contributed by atoms with Crippen LogP contribution in [0.5, 0.6) is 0 Å². The molecular weight excluding hydrogens is 368 g/mol. The summed E-state index contributed by atoms with van der Waals surface area (Å²) in [6, 6.07) is 5.16. The summed E-state index contributed by atoms with van der Waals surface area (Å²) in [7, 11) is 1.52. The molecule has 1 amide bonds. The summed E-state index contributed by atoms with van der Waals surface area (Å²) in [5, 5.41) is 12.7. The molecule has 0 fully saturated rings. The number of methoxy groups -OCH3 is 1. The van der Waals surface area contributed by atoms with Crippen LogP contribution in [0.3, 0.4) is 0 Å². The van der Waals surface area contributed by atoms with E-state index in [0.29, 0.717) is 23.6 Å². The van der Waals surface area contributed by atoms with Crippen molar-refractivity contribution in [3.8, 4) is 0 Å². The largest absolute Gasteiger partial charge is 0.391 e. The second kappa shape index (κ2) is 7.93. The fourth-order valence-electron chi connectivity index (χ4n) is 1.39. The maximum atomic E-state index is 11.9. The molecule has 1 aromatic carbocycles. The first kappa shape index (κ1) is 15.7. The van der Waals surface area contributed by atoms with Crippen molar-refractivity contribution in [3.05, 3.63) is 32.4 Å². The predicted octanol–water partition coefficient (Wildman–Crippen LogP) is 2.07. The van der Waals surface area contributed by atoms with E-state index in [0.717, 1.165) is 3.57 Å². The third kappa shape index (κ3) is 5.09. The van der Waals surface area contributed by atoms with Crippen LogP contribution in [0.4, 0.5) is 0 Å². The van der Waals surface area contributed by atoms with Crippen LogP contribution in [-0.4, -0.2) is 37.4 Å². The molecule has 1 rings (SSSR count). The average molecular weight is 384 g/mol. The summed E-state index contributed by atoms with van der Waals surface area (Å²) in [5.41, 5.74) is 0.546. The summed E-state index contributed by atoms with van der Waals surface area (Å²) in [4.78, 5) is 11.9. The van der Waals surface area contributed by atoms with E-state index in [2.05, 4.69) is 27.9 Å². The van der Waals surface area contributed by atoms with Crippen LogP contribution in [0.1, 0.15) is 16.8 Å². The minimum atomic E-state index is -0.561. The van der Waals surface area contributed by atoms with Crippen LogP contribution >= 0.6 is 34.2 Å². The van der Waals surface area contributed by atoms with Gasteiger partial charge in [-0.25, -0.2) is 0 Å². The number of hydrogen-bond acceptors (Lipinski definition) is 3. The lowest BCUT2D eigenvalue weighted by molar-refractivity contribution is 0.0587. The van der Waals surface area contributed by atoms with Crippen LogP contribution in [0.25, 0.3) is 0 Å². The molecule has 18 heavy (non-hydrogen) atoms. The van der Waals surface area contributed by atoms with Crippen molar-refractivity contribution in [2.75, 3.05) is 20.3 Å². The average Bonchev–Trinajstić information content (AvgIpc) is 2.32. The van der Waals surface area contributed by atoms with Crippen molar-refractivity contribution in [1.29, 1.82) is 0 Å². The number of aliphatic hydroxyl groups is 1. The monoisotopic (exact) mass is 383 g/mol. The van der Waals surface area contributed by atoms with Gasteiger partial charge < -0.3 is 15.2 Å². The summed E-state index contributed by atoms with van der Waals surface area (Å²) >= 11 is 7.93. The fraction of sp³-hybridized carbons (Fsp3) is 0.417. The SMILES string of the molecule is COCC(O)CCNC(=O)c1cc(Cl)ccc1I. The Morgan fingerprint density at radius 2 is 2.33 bits per heavy atom. The Morgan fingerprint density at radius 3 is 3.00 bits per heavy atom. The van der Waals surface area contributed by atoms with Gasteiger partial charge in [0.25, 0.3) is 5.91 Å². The number of amides is 1. The highest BCUT2D eigenvalue weighted by atomic mass is 127. The van der Waals surface area contributed by atoms with Crippen LogP contribution < -0.4 is 5.32 Å². The minimum Gasteiger partial charge on any atom is -0.391 e. The van der Waals surface area contributed by atoms with Gasteiger partial charge in [0.1, 0.15) is 0 Å². The molecular formula is C12H15ClINO3. The second-order valence-electron chi connectivity index (χ2n) is 3.78. The maximum absolute atomic E-state index is 11.9. The number of halogens is 2. The molecule has 2 N–H and O–H groups in total. The Labute approximate surface area is 125 Å². The first-order valence-corrected chi connectivity index (χ1v) is 6.90. The quantitative estimate of drug-likeness (QED) is 0.740. The summed E-state index contributed by atoms with van der Waals surface area (Å²) in [6.07, 6.45) is -0.106. The Hall–Kier alpha value is -0.370. The first-order chi connectivity index (χ1) is 8.54. The third-order valence-electron chi connectivity index (χ3n) is 2.30. The smallest absolute Gasteiger partial charge is 0.252 e. The van der Waals surface area contributed by atoms with E-state index in [1.807, 2.05) is 0 Å². The number of hydrogen-bond donors (Lipinski definition) is 2. The van der Waals surface area contributed by atoms with Gasteiger partial charge in [0.15, 0.2) is 0 Å². The standard InChI is InChI=1S/C12H15ClINO3/c1-18-7-9(16)4-5-15-12(17)10-6-8(13)2-3-11(10)14/h2-3,6,9,16H,4-5,7H2,1H3,(H,15,17). The van der Waals surface area contributed by atoms with Crippen molar-refractivity contribution in [1.82, 2.24) is 5.32 Å². The summed E-state index contributed by atoms with van der Waals surface area (Å²) < 4.78 is 5.64. The van der Waals surface area contributed by atoms with Crippen molar-refractivity contribution in [2.24, 2.45) is 0 Å². The molecule has 0 aliphatic rings. The van der Waals surface area contributed by atoms with E-state index in [4.69, 9.17) is 16.3 Å². The molecule has 4 nitrogen and oxygen atoms in total. The maximum Gasteiger partial charge on any atom is 0.252 e. The topological polar surface area (TPSA) is 58.6 Å². The van der Waals surface area contributed by atoms with Gasteiger partial charge in [0.2, 0.25) is 0 Å². The molecule has 0 aliphatic carbocycles. The highest BCUT2D eigenvalue weighted by Gasteiger charge is 2.11. The molecule has 100 valence electrons. The third-order valence-corrected chi connectivity index (χ3v) is 3.47. The van der Waals surface area contributed by atoms with Crippen LogP contribution in [-0.2, 0) is 4.74 Å². The number of carbonyl (C=O) groups is 1. The van der Waals surface area contributed by atoms with Gasteiger partial charge in [-0.3, -0.25) is 4.79 Å². The Kier molecular flexibility index (Phi) is 6.91. The van der Waals surface area contributed by atoms with Gasteiger partial charge in [0, 0.05) is 22.2 Å². The van der Waals surface area contributed by atoms with Crippen molar-refractivity contribution in [2.45, 2.75) is 12.5 Å². The number of benzene rings is 1. The number of rotatable bonds is 6. The Morgan fingerprint density at radius 1 is 1.61 bits per heavy atom. The predicted molar refractivity (Wildman–Crippen MR) is 79.0 cm³/mol. The summed E-state index contributed by atoms with van der Waals surface area (Å²) in [5.74, 6) is -0.188. The van der Waals surface area contributed by atoms with Crippen molar-refractivity contribution < 1.29 is 14.6 Å². The highest BCUT2D eigenvalue weighted by Crippen LogP contribution is 2.17. The number of nitrogens with one attached hydrogen (secondary N) is 1. The molecule has 0 radical (unpaired) electrons. The molecule has 0 spiro atoms. The van der Waals surface area contributed by atoms with Gasteiger partial charge in [-0.05, 0) is 47.2 Å². The van der Waals surface area contributed by atoms with E-state index in [-0.39, 0.29) is 12.5 Å². The Bertz CT molecular complexity index is 414. The number of ether oxygens (including phenoxy) is 1. The van der Waals surface area contributed by atoms with E-state index >= 15 is 0 Å². The molecule has 6 heteroatoms. The van der Waals surface area contributed by atoms with Gasteiger partial charge >= 0.3 is 0 Å². The lowest BCUT2D eigenvalue weighted by Gasteiger charge is -2.11. The normalized spacial score (nSPS) is 12.2. The van der Waals surface area contributed by atoms with Crippen LogP contribution in [0, 0.1) is 3.57 Å². The zero-order valence-corrected chi connectivity index (χ0v) is 12.9. The molecule has 1 aromatic rings. The lowest BCUT2D eigenvalue weighted by atomic mass is 10.2. The molecule has 0 bridgehead atoms. The molecule has 0 aromatic heterocycles. The lowest BCUT2D eigenvalue weighted by Crippen LogP contribution is -2.29. The van der Waals surface area contributed by atoms with Crippen molar-refractivity contribution >= 4 is 40.1 Å². The summed E-state index contributed by atoms with van der Waals surface area (Å²) in [6.45, 7) is 0.663. The molecule has 1 unspecified atom stereocenters. The zero-order chi connectivity index (χ0) is 13.5. The van der Waals surface area contributed by atoms with E-state index in [9.17, 15) is 9.90 Å².